The zero-order valence-electron chi connectivity index (χ0n) is 19.6. The molecule has 1 unspecified atom stereocenters. The van der Waals surface area contributed by atoms with E-state index in [2.05, 4.69) is 4.98 Å². The Hall–Kier alpha value is -4.43. The molecule has 0 saturated heterocycles. The van der Waals surface area contributed by atoms with Gasteiger partial charge in [-0.25, -0.2) is 9.78 Å². The molecule has 0 spiro atoms. The summed E-state index contributed by atoms with van der Waals surface area (Å²) in [6, 6.07) is 25.0. The molecule has 0 radical (unpaired) electrons. The summed E-state index contributed by atoms with van der Waals surface area (Å²) in [5.41, 5.74) is 8.93. The zero-order chi connectivity index (χ0) is 25.3. The van der Waals surface area contributed by atoms with Crippen molar-refractivity contribution in [2.24, 2.45) is 5.73 Å². The first kappa shape index (κ1) is 24.7. The monoisotopic (exact) mass is 485 g/mol. The van der Waals surface area contributed by atoms with Crippen LogP contribution in [0.5, 0.6) is 5.75 Å². The number of nitrogens with two attached hydrogens (primary N) is 1. The van der Waals surface area contributed by atoms with Gasteiger partial charge < -0.3 is 24.9 Å². The van der Waals surface area contributed by atoms with Crippen LogP contribution in [0.3, 0.4) is 0 Å². The minimum absolute atomic E-state index is 0.187. The van der Waals surface area contributed by atoms with Gasteiger partial charge in [0.25, 0.3) is 0 Å². The van der Waals surface area contributed by atoms with Gasteiger partial charge in [0, 0.05) is 25.1 Å². The van der Waals surface area contributed by atoms with Gasteiger partial charge in [-0.1, -0.05) is 60.7 Å². The number of carboxylic acids is 1. The molecule has 4 aromatic rings. The van der Waals surface area contributed by atoms with Crippen molar-refractivity contribution in [2.75, 3.05) is 6.54 Å². The van der Waals surface area contributed by atoms with Crippen molar-refractivity contribution in [2.45, 2.75) is 25.4 Å². The van der Waals surface area contributed by atoms with E-state index in [4.69, 9.17) is 20.0 Å². The fourth-order valence-electron chi connectivity index (χ4n) is 3.62. The Morgan fingerprint density at radius 3 is 2.28 bits per heavy atom. The van der Waals surface area contributed by atoms with Crippen molar-refractivity contribution in [1.29, 1.82) is 0 Å². The number of oxazole rings is 1. The van der Waals surface area contributed by atoms with Gasteiger partial charge in [-0.05, 0) is 41.8 Å². The average molecular weight is 486 g/mol. The van der Waals surface area contributed by atoms with Crippen LogP contribution in [0, 0.1) is 0 Å². The summed E-state index contributed by atoms with van der Waals surface area (Å²) in [5, 5.41) is 8.98. The van der Waals surface area contributed by atoms with E-state index in [1.807, 2.05) is 60.7 Å². The molecule has 0 aliphatic heterocycles. The SMILES string of the molecule is NC(Cc1ccc(OC(=O)N(CCc2coc(-c3ccccc3)n2)Cc2ccccc2)cc1)C(=O)O. The summed E-state index contributed by atoms with van der Waals surface area (Å²) in [5.74, 6) is -0.172. The number of nitrogens with zero attached hydrogens (tertiary/aromatic N) is 2. The second-order valence-electron chi connectivity index (χ2n) is 8.33. The lowest BCUT2D eigenvalue weighted by Gasteiger charge is -2.22. The number of amides is 1. The van der Waals surface area contributed by atoms with Crippen LogP contribution in [-0.2, 0) is 24.2 Å². The number of aromatic nitrogens is 1. The quantitative estimate of drug-likeness (QED) is 0.338. The zero-order valence-corrected chi connectivity index (χ0v) is 19.6. The predicted molar refractivity (Wildman–Crippen MR) is 134 cm³/mol. The van der Waals surface area contributed by atoms with E-state index in [9.17, 15) is 9.59 Å². The molecule has 0 saturated carbocycles. The summed E-state index contributed by atoms with van der Waals surface area (Å²) in [7, 11) is 0. The Kier molecular flexibility index (Phi) is 8.10. The van der Waals surface area contributed by atoms with Gasteiger partial charge in [-0.15, -0.1) is 0 Å². The topological polar surface area (TPSA) is 119 Å². The number of rotatable bonds is 10. The minimum Gasteiger partial charge on any atom is -0.480 e. The number of ether oxygens (including phenoxy) is 1. The number of carboxylic acid groups (broad SMARTS) is 1. The first-order valence-corrected chi connectivity index (χ1v) is 11.6. The van der Waals surface area contributed by atoms with Crippen LogP contribution in [0.4, 0.5) is 4.79 Å². The molecule has 0 fully saturated rings. The average Bonchev–Trinajstić information content (AvgIpc) is 3.38. The third-order valence-electron chi connectivity index (χ3n) is 5.59. The lowest BCUT2D eigenvalue weighted by Crippen LogP contribution is -2.35. The molecular formula is C28H27N3O5. The molecule has 3 N–H and O–H groups in total. The van der Waals surface area contributed by atoms with Gasteiger partial charge in [-0.2, -0.15) is 0 Å². The van der Waals surface area contributed by atoms with Crippen LogP contribution >= 0.6 is 0 Å². The highest BCUT2D eigenvalue weighted by Crippen LogP contribution is 2.19. The Labute approximate surface area is 209 Å². The summed E-state index contributed by atoms with van der Waals surface area (Å²) in [6.45, 7) is 0.745. The number of hydrogen-bond donors (Lipinski definition) is 2. The van der Waals surface area contributed by atoms with E-state index in [0.717, 1.165) is 22.4 Å². The normalized spacial score (nSPS) is 11.6. The molecule has 1 heterocycles. The van der Waals surface area contributed by atoms with Crippen molar-refractivity contribution in [3.8, 4) is 17.2 Å². The molecule has 0 aliphatic carbocycles. The Morgan fingerprint density at radius 2 is 1.61 bits per heavy atom. The Bertz CT molecular complexity index is 1270. The van der Waals surface area contributed by atoms with Gasteiger partial charge >= 0.3 is 12.1 Å². The first-order chi connectivity index (χ1) is 17.5. The molecule has 1 atom stereocenters. The third kappa shape index (κ3) is 6.80. The summed E-state index contributed by atoms with van der Waals surface area (Å²) in [6.07, 6.45) is 1.78. The summed E-state index contributed by atoms with van der Waals surface area (Å²) < 4.78 is 11.2. The molecule has 0 bridgehead atoms. The van der Waals surface area contributed by atoms with E-state index in [1.165, 1.54) is 0 Å². The highest BCUT2D eigenvalue weighted by atomic mass is 16.6. The van der Waals surface area contributed by atoms with Crippen molar-refractivity contribution < 1.29 is 23.8 Å². The van der Waals surface area contributed by atoms with E-state index < -0.39 is 18.1 Å². The predicted octanol–water partition coefficient (Wildman–Crippen LogP) is 4.54. The van der Waals surface area contributed by atoms with Crippen LogP contribution in [0.25, 0.3) is 11.5 Å². The van der Waals surface area contributed by atoms with E-state index in [-0.39, 0.29) is 6.42 Å². The van der Waals surface area contributed by atoms with Gasteiger partial charge in [0.2, 0.25) is 5.89 Å². The van der Waals surface area contributed by atoms with Gasteiger partial charge in [0.15, 0.2) is 0 Å². The maximum absolute atomic E-state index is 13.1. The highest BCUT2D eigenvalue weighted by molar-refractivity contribution is 5.73. The summed E-state index contributed by atoms with van der Waals surface area (Å²) in [4.78, 5) is 30.2. The Morgan fingerprint density at radius 1 is 0.944 bits per heavy atom. The summed E-state index contributed by atoms with van der Waals surface area (Å²) >= 11 is 0. The first-order valence-electron chi connectivity index (χ1n) is 11.6. The van der Waals surface area contributed by atoms with E-state index in [1.54, 1.807) is 35.4 Å². The lowest BCUT2D eigenvalue weighted by atomic mass is 10.1. The van der Waals surface area contributed by atoms with Crippen molar-refractivity contribution in [3.05, 3.63) is 108 Å². The van der Waals surface area contributed by atoms with Gasteiger partial charge in [0.05, 0.1) is 5.69 Å². The van der Waals surface area contributed by atoms with Crippen LogP contribution in [0.2, 0.25) is 0 Å². The Balaban J connectivity index is 1.42. The number of aliphatic carboxylic acids is 1. The van der Waals surface area contributed by atoms with Crippen molar-refractivity contribution in [3.63, 3.8) is 0 Å². The molecule has 184 valence electrons. The van der Waals surface area contributed by atoms with Crippen LogP contribution in [-0.4, -0.2) is 39.6 Å². The molecule has 4 rings (SSSR count). The molecule has 1 aromatic heterocycles. The molecular weight excluding hydrogens is 458 g/mol. The highest BCUT2D eigenvalue weighted by Gasteiger charge is 2.18. The van der Waals surface area contributed by atoms with Crippen molar-refractivity contribution >= 4 is 12.1 Å². The maximum atomic E-state index is 13.1. The molecule has 1 amide bonds. The standard InChI is InChI=1S/C28H27N3O5/c29-25(27(32)33)17-20-11-13-24(14-12-20)36-28(34)31(18-21-7-3-1-4-8-21)16-15-23-19-35-26(30-23)22-9-5-2-6-10-22/h1-14,19,25H,15-18,29H2,(H,32,33). The van der Waals surface area contributed by atoms with Crippen LogP contribution < -0.4 is 10.5 Å². The number of benzene rings is 3. The fraction of sp³-hybridized carbons (Fsp3) is 0.179. The van der Waals surface area contributed by atoms with E-state index >= 15 is 0 Å². The lowest BCUT2D eigenvalue weighted by molar-refractivity contribution is -0.138. The second-order valence-corrected chi connectivity index (χ2v) is 8.33. The molecule has 8 nitrogen and oxygen atoms in total. The molecule has 3 aromatic carbocycles. The van der Waals surface area contributed by atoms with Gasteiger partial charge in [-0.3, -0.25) is 4.79 Å². The maximum Gasteiger partial charge on any atom is 0.415 e. The van der Waals surface area contributed by atoms with Crippen LogP contribution in [0.1, 0.15) is 16.8 Å². The largest absolute Gasteiger partial charge is 0.480 e. The number of carbonyl (C=O) groups excluding carboxylic acids is 1. The smallest absolute Gasteiger partial charge is 0.415 e. The van der Waals surface area contributed by atoms with E-state index in [0.29, 0.717) is 31.2 Å². The van der Waals surface area contributed by atoms with Crippen molar-refractivity contribution in [1.82, 2.24) is 9.88 Å². The number of hydrogen-bond acceptors (Lipinski definition) is 6. The van der Waals surface area contributed by atoms with Gasteiger partial charge in [0.1, 0.15) is 18.1 Å². The second kappa shape index (κ2) is 11.8. The minimum atomic E-state index is -1.06. The number of carbonyl (C=O) groups is 2. The molecule has 36 heavy (non-hydrogen) atoms. The third-order valence-corrected chi connectivity index (χ3v) is 5.59. The van der Waals surface area contributed by atoms with Crippen LogP contribution in [0.15, 0.2) is 95.6 Å². The fourth-order valence-corrected chi connectivity index (χ4v) is 3.62. The molecule has 8 heteroatoms. The molecule has 0 aliphatic rings.